The van der Waals surface area contributed by atoms with E-state index in [-0.39, 0.29) is 24.6 Å². The molecule has 0 saturated carbocycles. The molecule has 2 aliphatic rings. The smallest absolute Gasteiger partial charge is 0.224 e. The van der Waals surface area contributed by atoms with Crippen LogP contribution in [0.5, 0.6) is 5.75 Å². The van der Waals surface area contributed by atoms with Crippen molar-refractivity contribution < 1.29 is 28.9 Å². The van der Waals surface area contributed by atoms with Crippen molar-refractivity contribution in [2.45, 2.75) is 31.0 Å². The normalized spacial score (nSPS) is 26.3. The summed E-state index contributed by atoms with van der Waals surface area (Å²) < 4.78 is 24.7. The fourth-order valence-corrected chi connectivity index (χ4v) is 3.38. The molecule has 0 aromatic heterocycles. The van der Waals surface area contributed by atoms with E-state index in [9.17, 15) is 19.4 Å². The lowest BCUT2D eigenvalue weighted by Gasteiger charge is -2.41. The molecule has 1 aromatic rings. The molecule has 8 heteroatoms. The zero-order chi connectivity index (χ0) is 18.7. The van der Waals surface area contributed by atoms with Crippen LogP contribution in [-0.2, 0) is 16.0 Å². The fraction of sp³-hybridized carbons (Fsp3) is 0.611. The number of rotatable bonds is 6. The van der Waals surface area contributed by atoms with Crippen molar-refractivity contribution in [2.75, 3.05) is 45.3 Å². The van der Waals surface area contributed by atoms with Crippen molar-refractivity contribution in [3.05, 3.63) is 23.5 Å². The Balaban J connectivity index is 1.66. The maximum absolute atomic E-state index is 13.9. The van der Waals surface area contributed by atoms with Crippen LogP contribution in [0.3, 0.4) is 0 Å². The predicted molar refractivity (Wildman–Crippen MR) is 92.7 cm³/mol. The summed E-state index contributed by atoms with van der Waals surface area (Å²) in [7, 11) is 1.62. The highest BCUT2D eigenvalue weighted by atomic mass is 19.1. The van der Waals surface area contributed by atoms with Crippen molar-refractivity contribution in [3.63, 3.8) is 0 Å². The summed E-state index contributed by atoms with van der Waals surface area (Å²) in [6, 6.07) is 2.72. The first-order valence-electron chi connectivity index (χ1n) is 8.79. The van der Waals surface area contributed by atoms with E-state index in [4.69, 9.17) is 9.47 Å². The number of fused-ring (bicyclic) bond motifs is 1. The molecule has 2 atom stereocenters. The Hall–Kier alpha value is -1.74. The fourth-order valence-electron chi connectivity index (χ4n) is 3.38. The molecule has 2 aliphatic heterocycles. The van der Waals surface area contributed by atoms with Crippen molar-refractivity contribution >= 4 is 11.6 Å². The molecule has 0 unspecified atom stereocenters. The summed E-state index contributed by atoms with van der Waals surface area (Å²) in [6.45, 7) is 2.11. The van der Waals surface area contributed by atoms with Crippen LogP contribution in [0.15, 0.2) is 12.1 Å². The topological polar surface area (TPSA) is 91.3 Å². The number of β-amino-alcohol motifs (C(OH)–C–C–N with tert-alkyl or cyclic N) is 1. The van der Waals surface area contributed by atoms with Crippen molar-refractivity contribution in [2.24, 2.45) is 0 Å². The van der Waals surface area contributed by atoms with Crippen molar-refractivity contribution in [3.8, 4) is 5.75 Å². The first-order chi connectivity index (χ1) is 12.4. The molecule has 0 radical (unpaired) electrons. The van der Waals surface area contributed by atoms with Gasteiger partial charge in [0.1, 0.15) is 23.8 Å². The highest BCUT2D eigenvalue weighted by Gasteiger charge is 2.41. The molecule has 1 fully saturated rings. The average Bonchev–Trinajstić information content (AvgIpc) is 2.63. The standard InChI is InChI=1S/C18H25FN2O5/c1-25-9-8-21-7-6-18(24,15(22)10-21)11-26-14-4-3-13(19)17-12(14)2-5-16(23)20-17/h3-4,15,22,24H,2,5-11H2,1H3,(H,20,23)/t15-,18-/m1/s1. The third-order valence-corrected chi connectivity index (χ3v) is 5.09. The number of nitrogens with one attached hydrogen (secondary N) is 1. The molecule has 3 rings (SSSR count). The van der Waals surface area contributed by atoms with E-state index in [1.165, 1.54) is 12.1 Å². The van der Waals surface area contributed by atoms with Gasteiger partial charge in [-0.1, -0.05) is 0 Å². The second-order valence-electron chi connectivity index (χ2n) is 6.90. The number of hydrogen-bond acceptors (Lipinski definition) is 6. The zero-order valence-electron chi connectivity index (χ0n) is 14.8. The number of ether oxygens (including phenoxy) is 2. The van der Waals surface area contributed by atoms with E-state index in [2.05, 4.69) is 5.32 Å². The molecule has 26 heavy (non-hydrogen) atoms. The number of amides is 1. The molecule has 0 bridgehead atoms. The van der Waals surface area contributed by atoms with Gasteiger partial charge in [0.15, 0.2) is 0 Å². The van der Waals surface area contributed by atoms with Crippen molar-refractivity contribution in [1.82, 2.24) is 4.90 Å². The first kappa shape index (κ1) is 19.0. The minimum Gasteiger partial charge on any atom is -0.490 e. The third kappa shape index (κ3) is 3.98. The number of aliphatic hydroxyl groups excluding tert-OH is 1. The van der Waals surface area contributed by atoms with Gasteiger partial charge in [0, 0.05) is 38.7 Å². The quantitative estimate of drug-likeness (QED) is 0.679. The van der Waals surface area contributed by atoms with E-state index >= 15 is 0 Å². The molecule has 1 saturated heterocycles. The van der Waals surface area contributed by atoms with Gasteiger partial charge in [-0.3, -0.25) is 9.69 Å². The molecule has 2 heterocycles. The van der Waals surface area contributed by atoms with Gasteiger partial charge < -0.3 is 25.0 Å². The maximum Gasteiger partial charge on any atom is 0.224 e. The summed E-state index contributed by atoms with van der Waals surface area (Å²) in [5.74, 6) is -0.319. The predicted octanol–water partition coefficient (Wildman–Crippen LogP) is 0.533. The lowest BCUT2D eigenvalue weighted by molar-refractivity contribution is -0.138. The number of carbonyl (C=O) groups is 1. The third-order valence-electron chi connectivity index (χ3n) is 5.09. The number of carbonyl (C=O) groups excluding carboxylic acids is 1. The molecule has 144 valence electrons. The van der Waals surface area contributed by atoms with Crippen LogP contribution in [0.1, 0.15) is 18.4 Å². The summed E-state index contributed by atoms with van der Waals surface area (Å²) in [5, 5.41) is 23.7. The van der Waals surface area contributed by atoms with Gasteiger partial charge in [-0.25, -0.2) is 4.39 Å². The van der Waals surface area contributed by atoms with Crippen LogP contribution in [0.4, 0.5) is 10.1 Å². The zero-order valence-corrected chi connectivity index (χ0v) is 14.8. The Labute approximate surface area is 151 Å². The number of anilines is 1. The lowest BCUT2D eigenvalue weighted by atomic mass is 9.89. The highest BCUT2D eigenvalue weighted by Crippen LogP contribution is 2.34. The Morgan fingerprint density at radius 3 is 2.96 bits per heavy atom. The van der Waals surface area contributed by atoms with Gasteiger partial charge in [0.25, 0.3) is 0 Å². The molecule has 0 spiro atoms. The number of halogens is 1. The first-order valence-corrected chi connectivity index (χ1v) is 8.79. The van der Waals surface area contributed by atoms with Gasteiger partial charge in [0.05, 0.1) is 18.4 Å². The number of hydrogen-bond donors (Lipinski definition) is 3. The molecule has 7 nitrogen and oxygen atoms in total. The van der Waals surface area contributed by atoms with E-state index in [0.29, 0.717) is 50.4 Å². The van der Waals surface area contributed by atoms with E-state index in [1.54, 1.807) is 7.11 Å². The molecular formula is C18H25FN2O5. The van der Waals surface area contributed by atoms with Crippen LogP contribution in [-0.4, -0.2) is 72.7 Å². The average molecular weight is 368 g/mol. The minimum atomic E-state index is -1.37. The monoisotopic (exact) mass is 368 g/mol. The lowest BCUT2D eigenvalue weighted by Crippen LogP contribution is -2.58. The number of benzene rings is 1. The minimum absolute atomic E-state index is 0.0989. The highest BCUT2D eigenvalue weighted by molar-refractivity contribution is 5.94. The Kier molecular flexibility index (Phi) is 5.76. The van der Waals surface area contributed by atoms with Crippen LogP contribution in [0.25, 0.3) is 0 Å². The van der Waals surface area contributed by atoms with Gasteiger partial charge in [-0.15, -0.1) is 0 Å². The van der Waals surface area contributed by atoms with Crippen LogP contribution in [0.2, 0.25) is 0 Å². The molecule has 1 aromatic carbocycles. The van der Waals surface area contributed by atoms with Crippen molar-refractivity contribution in [1.29, 1.82) is 0 Å². The van der Waals surface area contributed by atoms with Crippen LogP contribution in [0, 0.1) is 5.82 Å². The maximum atomic E-state index is 13.9. The number of piperidine rings is 1. The Morgan fingerprint density at radius 1 is 1.42 bits per heavy atom. The van der Waals surface area contributed by atoms with Crippen LogP contribution >= 0.6 is 0 Å². The second-order valence-corrected chi connectivity index (χ2v) is 6.90. The van der Waals surface area contributed by atoms with E-state index in [0.717, 1.165) is 0 Å². The molecule has 1 amide bonds. The summed E-state index contributed by atoms with van der Waals surface area (Å²) in [4.78, 5) is 13.5. The Morgan fingerprint density at radius 2 is 2.23 bits per heavy atom. The molecule has 0 aliphatic carbocycles. The summed E-state index contributed by atoms with van der Waals surface area (Å²) in [5.41, 5.74) is -0.649. The van der Waals surface area contributed by atoms with E-state index < -0.39 is 17.5 Å². The molecule has 3 N–H and O–H groups in total. The largest absolute Gasteiger partial charge is 0.490 e. The number of aliphatic hydroxyl groups is 2. The SMILES string of the molecule is COCCN1CC[C@@](O)(COc2ccc(F)c3c2CCC(=O)N3)[C@H](O)C1. The van der Waals surface area contributed by atoms with Gasteiger partial charge in [-0.05, 0) is 25.0 Å². The second kappa shape index (κ2) is 7.87. The number of nitrogens with zero attached hydrogens (tertiary/aromatic N) is 1. The number of likely N-dealkylation sites (tertiary alicyclic amines) is 1. The van der Waals surface area contributed by atoms with Crippen LogP contribution < -0.4 is 10.1 Å². The summed E-state index contributed by atoms with van der Waals surface area (Å²) in [6.07, 6.45) is 0.0377. The van der Waals surface area contributed by atoms with Gasteiger partial charge in [-0.2, -0.15) is 0 Å². The van der Waals surface area contributed by atoms with E-state index in [1.807, 2.05) is 4.90 Å². The Bertz CT molecular complexity index is 671. The van der Waals surface area contributed by atoms with Gasteiger partial charge in [0.2, 0.25) is 5.91 Å². The number of methoxy groups -OCH3 is 1. The molecular weight excluding hydrogens is 343 g/mol. The summed E-state index contributed by atoms with van der Waals surface area (Å²) >= 11 is 0. The van der Waals surface area contributed by atoms with Gasteiger partial charge >= 0.3 is 0 Å².